The van der Waals surface area contributed by atoms with Gasteiger partial charge in [0.25, 0.3) is 0 Å². The number of aromatic amines is 1. The molecule has 1 saturated heterocycles. The van der Waals surface area contributed by atoms with Crippen molar-refractivity contribution in [2.24, 2.45) is 10.7 Å². The van der Waals surface area contributed by atoms with Gasteiger partial charge in [-0.25, -0.2) is 0 Å². The number of aliphatic imine (C=N–C) groups is 1. The molecule has 4 aliphatic rings. The minimum absolute atomic E-state index is 0.341. The van der Waals surface area contributed by atoms with Crippen molar-refractivity contribution in [3.63, 3.8) is 0 Å². The number of piperazine rings is 1. The van der Waals surface area contributed by atoms with Crippen LogP contribution in [0.1, 0.15) is 73.3 Å². The van der Waals surface area contributed by atoms with E-state index in [9.17, 15) is 0 Å². The molecule has 0 bridgehead atoms. The molecule has 6 heteroatoms. The second-order valence-corrected chi connectivity index (χ2v) is 12.2. The zero-order valence-electron chi connectivity index (χ0n) is 22.9. The molecule has 6 nitrogen and oxygen atoms in total. The quantitative estimate of drug-likeness (QED) is 0.428. The summed E-state index contributed by atoms with van der Waals surface area (Å²) in [4.78, 5) is 13.4. The molecule has 2 aromatic carbocycles. The third-order valence-electron chi connectivity index (χ3n) is 8.60. The van der Waals surface area contributed by atoms with E-state index in [0.29, 0.717) is 24.0 Å². The highest BCUT2D eigenvalue weighted by Gasteiger charge is 2.38. The second-order valence-electron chi connectivity index (χ2n) is 12.2. The van der Waals surface area contributed by atoms with Gasteiger partial charge < -0.3 is 15.2 Å². The first-order valence-corrected chi connectivity index (χ1v) is 14.4. The predicted molar refractivity (Wildman–Crippen MR) is 157 cm³/mol. The van der Waals surface area contributed by atoms with Crippen LogP contribution in [0.2, 0.25) is 0 Å². The molecule has 0 spiro atoms. The van der Waals surface area contributed by atoms with Crippen LogP contribution in [0.15, 0.2) is 47.6 Å². The predicted octanol–water partition coefficient (Wildman–Crippen LogP) is 5.20. The monoisotopic (exact) mass is 508 g/mol. The van der Waals surface area contributed by atoms with Gasteiger partial charge in [-0.3, -0.25) is 15.6 Å². The molecule has 7 rings (SSSR count). The molecule has 0 radical (unpaired) electrons. The van der Waals surface area contributed by atoms with Crippen molar-refractivity contribution in [2.45, 2.75) is 83.3 Å². The maximum absolute atomic E-state index is 6.66. The minimum Gasteiger partial charge on any atom is -0.360 e. The number of hydrogen-bond donors (Lipinski definition) is 3. The normalized spacial score (nSPS) is 26.5. The van der Waals surface area contributed by atoms with E-state index in [1.807, 2.05) is 0 Å². The van der Waals surface area contributed by atoms with Crippen molar-refractivity contribution < 1.29 is 0 Å². The molecule has 3 heterocycles. The summed E-state index contributed by atoms with van der Waals surface area (Å²) in [5.41, 5.74) is 16.9. The Morgan fingerprint density at radius 2 is 1.79 bits per heavy atom. The maximum Gasteiger partial charge on any atom is 0.173 e. The Morgan fingerprint density at radius 3 is 2.53 bits per heavy atom. The Labute approximate surface area is 226 Å². The van der Waals surface area contributed by atoms with Crippen molar-refractivity contribution in [1.82, 2.24) is 20.1 Å². The highest BCUT2D eigenvalue weighted by Crippen LogP contribution is 2.45. The highest BCUT2D eigenvalue weighted by molar-refractivity contribution is 6.21. The topological polar surface area (TPSA) is 72.7 Å². The summed E-state index contributed by atoms with van der Waals surface area (Å²) < 4.78 is 0. The van der Waals surface area contributed by atoms with Crippen molar-refractivity contribution in [2.75, 3.05) is 13.1 Å². The van der Waals surface area contributed by atoms with E-state index in [0.717, 1.165) is 19.6 Å². The lowest BCUT2D eigenvalue weighted by Gasteiger charge is -2.36. The summed E-state index contributed by atoms with van der Waals surface area (Å²) in [6.45, 7) is 9.89. The smallest absolute Gasteiger partial charge is 0.173 e. The first-order valence-electron chi connectivity index (χ1n) is 14.4. The minimum atomic E-state index is -0.341. The van der Waals surface area contributed by atoms with Gasteiger partial charge in [-0.05, 0) is 86.8 Å². The number of hydrogen-bond acceptors (Lipinski definition) is 5. The molecule has 198 valence electrons. The lowest BCUT2D eigenvalue weighted by molar-refractivity contribution is 0.166. The van der Waals surface area contributed by atoms with Gasteiger partial charge in [-0.1, -0.05) is 24.3 Å². The molecule has 4 N–H and O–H groups in total. The number of allylic oxidation sites excluding steroid dienone is 1. The molecule has 1 aromatic heterocycles. The van der Waals surface area contributed by atoms with Gasteiger partial charge in [0.15, 0.2) is 6.29 Å². The fourth-order valence-corrected chi connectivity index (χ4v) is 6.68. The van der Waals surface area contributed by atoms with Gasteiger partial charge in [0.1, 0.15) is 0 Å². The number of benzene rings is 2. The number of rotatable bonds is 6. The Hall–Kier alpha value is -2.93. The van der Waals surface area contributed by atoms with E-state index >= 15 is 0 Å². The molecular weight excluding hydrogens is 468 g/mol. The van der Waals surface area contributed by atoms with E-state index in [4.69, 9.17) is 10.7 Å². The third kappa shape index (κ3) is 4.59. The van der Waals surface area contributed by atoms with Crippen LogP contribution in [-0.4, -0.2) is 58.5 Å². The van der Waals surface area contributed by atoms with Crippen molar-refractivity contribution >= 4 is 28.4 Å². The Bertz CT molecular complexity index is 1410. The zero-order valence-corrected chi connectivity index (χ0v) is 22.9. The van der Waals surface area contributed by atoms with Crippen LogP contribution >= 0.6 is 0 Å². The van der Waals surface area contributed by atoms with Crippen LogP contribution < -0.4 is 11.1 Å². The van der Waals surface area contributed by atoms with Gasteiger partial charge in [0, 0.05) is 72.2 Å². The third-order valence-corrected chi connectivity index (χ3v) is 8.60. The van der Waals surface area contributed by atoms with Gasteiger partial charge in [0.05, 0.1) is 5.70 Å². The highest BCUT2D eigenvalue weighted by atomic mass is 15.4. The van der Waals surface area contributed by atoms with E-state index in [-0.39, 0.29) is 6.29 Å². The van der Waals surface area contributed by atoms with Crippen LogP contribution in [0.3, 0.4) is 0 Å². The molecule has 3 aromatic rings. The molecule has 2 aliphatic heterocycles. The molecule has 3 fully saturated rings. The first kappa shape index (κ1) is 24.1. The van der Waals surface area contributed by atoms with Gasteiger partial charge in [-0.2, -0.15) is 0 Å². The molecule has 3 atom stereocenters. The summed E-state index contributed by atoms with van der Waals surface area (Å²) in [5.74, 6) is 0.692. The Morgan fingerprint density at radius 1 is 1.00 bits per heavy atom. The standard InChI is InChI=1S/C32H40N6/c1-19-4-9-27-29(15-34-30(27)10-19)31-28(14-35-32(33)38(31)26-7-8-26)25-12-22(11-24(13-25)23-5-6-23)18-37-16-20(2)36-21(3)17-37/h4,9-15,20-21,23,26,32,34,36H,5-8,16-18,33H2,1-3H3/t20-,21+,32?. The van der Waals surface area contributed by atoms with E-state index in [2.05, 4.69) is 89.7 Å². The number of nitrogens with zero attached hydrogens (tertiary/aromatic N) is 3. The Balaban J connectivity index is 1.36. The summed E-state index contributed by atoms with van der Waals surface area (Å²) in [6, 6.07) is 15.5. The lowest BCUT2D eigenvalue weighted by Crippen LogP contribution is -2.53. The molecule has 2 aliphatic carbocycles. The summed E-state index contributed by atoms with van der Waals surface area (Å²) >= 11 is 0. The molecule has 1 unspecified atom stereocenters. The van der Waals surface area contributed by atoms with Gasteiger partial charge >= 0.3 is 0 Å². The number of aromatic nitrogens is 1. The van der Waals surface area contributed by atoms with Crippen LogP contribution in [0, 0.1) is 6.92 Å². The van der Waals surface area contributed by atoms with Crippen LogP contribution in [-0.2, 0) is 6.54 Å². The fourth-order valence-electron chi connectivity index (χ4n) is 6.68. The average molecular weight is 509 g/mol. The van der Waals surface area contributed by atoms with Gasteiger partial charge in [0.2, 0.25) is 0 Å². The second kappa shape index (κ2) is 9.37. The lowest BCUT2D eigenvalue weighted by atomic mass is 9.93. The zero-order chi connectivity index (χ0) is 26.0. The van der Waals surface area contributed by atoms with E-state index < -0.39 is 0 Å². The molecule has 0 amide bonds. The number of aryl methyl sites for hydroxylation is 1. The van der Waals surface area contributed by atoms with Gasteiger partial charge in [-0.15, -0.1) is 0 Å². The fraction of sp³-hybridized carbons (Fsp3) is 0.469. The first-order chi connectivity index (χ1) is 18.4. The summed E-state index contributed by atoms with van der Waals surface area (Å²) in [5, 5.41) is 4.92. The molecule has 38 heavy (non-hydrogen) atoms. The van der Waals surface area contributed by atoms with Crippen LogP contribution in [0.25, 0.3) is 22.2 Å². The summed E-state index contributed by atoms with van der Waals surface area (Å²) in [7, 11) is 0. The number of H-pyrrole nitrogens is 1. The molecule has 2 saturated carbocycles. The SMILES string of the molecule is Cc1ccc2c(C3=C(c4cc(CN5C[C@@H](C)N[C@@H](C)C5)cc(C5CC5)c4)C=NC(N)N3C3CC3)c[nH]c2c1. The average Bonchev–Trinajstić information content (AvgIpc) is 3.80. The number of nitrogens with two attached hydrogens (primary N) is 1. The van der Waals surface area contributed by atoms with Crippen molar-refractivity contribution in [1.29, 1.82) is 0 Å². The van der Waals surface area contributed by atoms with Crippen molar-refractivity contribution in [3.05, 3.63) is 70.4 Å². The van der Waals surface area contributed by atoms with E-state index in [1.54, 1.807) is 0 Å². The molecular formula is C32H40N6. The van der Waals surface area contributed by atoms with E-state index in [1.165, 1.54) is 75.7 Å². The maximum atomic E-state index is 6.66. The summed E-state index contributed by atoms with van der Waals surface area (Å²) in [6.07, 6.45) is 8.83. The number of nitrogens with one attached hydrogen (secondary N) is 2. The number of fused-ring (bicyclic) bond motifs is 1. The Kier molecular flexibility index (Phi) is 5.95. The van der Waals surface area contributed by atoms with Crippen LogP contribution in [0.5, 0.6) is 0 Å². The van der Waals surface area contributed by atoms with Crippen molar-refractivity contribution in [3.8, 4) is 0 Å². The van der Waals surface area contributed by atoms with Crippen LogP contribution in [0.4, 0.5) is 0 Å². The largest absolute Gasteiger partial charge is 0.360 e.